The van der Waals surface area contributed by atoms with Crippen molar-refractivity contribution in [2.45, 2.75) is 6.29 Å². The number of para-hydroxylation sites is 1. The summed E-state index contributed by atoms with van der Waals surface area (Å²) >= 11 is 5.89. The number of hydrogen-bond acceptors (Lipinski definition) is 1. The van der Waals surface area contributed by atoms with Crippen LogP contribution >= 0.6 is 11.6 Å². The quantitative estimate of drug-likeness (QED) is 0.741. The van der Waals surface area contributed by atoms with E-state index in [4.69, 9.17) is 16.3 Å². The van der Waals surface area contributed by atoms with Crippen molar-refractivity contribution < 1.29 is 9.84 Å². The molecular weight excluding hydrogens is 224 g/mol. The van der Waals surface area contributed by atoms with Crippen LogP contribution in [0.15, 0.2) is 54.6 Å². The van der Waals surface area contributed by atoms with Crippen molar-refractivity contribution in [1.29, 1.82) is 0 Å². The number of rotatable bonds is 3. The van der Waals surface area contributed by atoms with Gasteiger partial charge < -0.3 is 4.74 Å². The second kappa shape index (κ2) is 5.01. The van der Waals surface area contributed by atoms with Crippen LogP contribution in [0.2, 0.25) is 5.02 Å². The van der Waals surface area contributed by atoms with Gasteiger partial charge in [0.2, 0.25) is 0 Å². The van der Waals surface area contributed by atoms with Crippen molar-refractivity contribution in [1.82, 2.24) is 0 Å². The van der Waals surface area contributed by atoms with E-state index >= 15 is 0 Å². The molecule has 0 aliphatic carbocycles. The second-order valence-electron chi connectivity index (χ2n) is 3.29. The van der Waals surface area contributed by atoms with E-state index in [1.807, 2.05) is 6.07 Å². The molecule has 0 aromatic heterocycles. The molecule has 1 radical (unpaired) electrons. The van der Waals surface area contributed by atoms with E-state index in [1.165, 1.54) is 0 Å². The van der Waals surface area contributed by atoms with Gasteiger partial charge in [0.1, 0.15) is 5.75 Å². The molecule has 16 heavy (non-hydrogen) atoms. The van der Waals surface area contributed by atoms with Gasteiger partial charge in [0.15, 0.2) is 0 Å². The molecule has 0 aliphatic rings. The van der Waals surface area contributed by atoms with Crippen LogP contribution in [-0.2, 0) is 5.11 Å². The fourth-order valence-electron chi connectivity index (χ4n) is 1.33. The summed E-state index contributed by atoms with van der Waals surface area (Å²) in [6, 6.07) is 15.8. The Hall–Kier alpha value is -1.51. The van der Waals surface area contributed by atoms with Crippen LogP contribution in [0, 0.1) is 0 Å². The molecule has 2 aromatic carbocycles. The molecule has 2 aromatic rings. The average Bonchev–Trinajstić information content (AvgIpc) is 2.33. The average molecular weight is 234 g/mol. The van der Waals surface area contributed by atoms with Crippen molar-refractivity contribution in [2.24, 2.45) is 0 Å². The summed E-state index contributed by atoms with van der Waals surface area (Å²) in [5, 5.41) is 12.2. The number of benzene rings is 2. The molecule has 0 heterocycles. The Morgan fingerprint density at radius 2 is 1.56 bits per heavy atom. The highest BCUT2D eigenvalue weighted by atomic mass is 35.5. The van der Waals surface area contributed by atoms with Gasteiger partial charge in [-0.2, -0.15) is 5.11 Å². The third-order valence-corrected chi connectivity index (χ3v) is 2.45. The summed E-state index contributed by atoms with van der Waals surface area (Å²) in [5.74, 6) is 0.410. The summed E-state index contributed by atoms with van der Waals surface area (Å²) in [7, 11) is 0. The largest absolute Gasteiger partial charge is 0.456 e. The molecular formula is C13H10ClO2. The minimum Gasteiger partial charge on any atom is -0.456 e. The highest BCUT2D eigenvalue weighted by Gasteiger charge is 2.11. The van der Waals surface area contributed by atoms with Crippen molar-refractivity contribution in [3.05, 3.63) is 65.2 Å². The summed E-state index contributed by atoms with van der Waals surface area (Å²) in [5.41, 5.74) is 0.586. The third-order valence-electron chi connectivity index (χ3n) is 2.14. The Morgan fingerprint density at radius 3 is 2.25 bits per heavy atom. The van der Waals surface area contributed by atoms with E-state index in [9.17, 15) is 5.11 Å². The van der Waals surface area contributed by atoms with Gasteiger partial charge in [-0.25, -0.2) is 0 Å². The van der Waals surface area contributed by atoms with Gasteiger partial charge in [-0.1, -0.05) is 54.1 Å². The minimum atomic E-state index is -1.25. The maximum atomic E-state index is 11.8. The predicted octanol–water partition coefficient (Wildman–Crippen LogP) is 3.85. The van der Waals surface area contributed by atoms with Gasteiger partial charge in [0.25, 0.3) is 6.29 Å². The molecule has 81 valence electrons. The van der Waals surface area contributed by atoms with Crippen LogP contribution in [0.3, 0.4) is 0 Å². The molecule has 0 amide bonds. The van der Waals surface area contributed by atoms with Gasteiger partial charge >= 0.3 is 0 Å². The molecule has 0 N–H and O–H groups in total. The molecule has 1 unspecified atom stereocenters. The molecule has 0 aliphatic heterocycles. The van der Waals surface area contributed by atoms with Gasteiger partial charge in [0.05, 0.1) is 5.02 Å². The van der Waals surface area contributed by atoms with Crippen LogP contribution < -0.4 is 4.74 Å². The Morgan fingerprint density at radius 1 is 0.938 bits per heavy atom. The zero-order valence-corrected chi connectivity index (χ0v) is 9.22. The fourth-order valence-corrected chi connectivity index (χ4v) is 1.51. The molecule has 0 saturated heterocycles. The number of ether oxygens (including phenoxy) is 1. The fraction of sp³-hybridized carbons (Fsp3) is 0.0769. The highest BCUT2D eigenvalue weighted by Crippen LogP contribution is 2.27. The normalized spacial score (nSPS) is 12.1. The van der Waals surface area contributed by atoms with E-state index in [0.29, 0.717) is 16.3 Å². The lowest BCUT2D eigenvalue weighted by molar-refractivity contribution is -0.0740. The lowest BCUT2D eigenvalue weighted by atomic mass is 10.2. The predicted molar refractivity (Wildman–Crippen MR) is 61.9 cm³/mol. The molecule has 0 bridgehead atoms. The first kappa shape index (κ1) is 11.0. The maximum Gasteiger partial charge on any atom is 0.257 e. The molecule has 0 fully saturated rings. The lowest BCUT2D eigenvalue weighted by Crippen LogP contribution is -2.04. The highest BCUT2D eigenvalue weighted by molar-refractivity contribution is 6.32. The zero-order chi connectivity index (χ0) is 11.4. The van der Waals surface area contributed by atoms with Gasteiger partial charge in [-0.15, -0.1) is 0 Å². The molecule has 3 heteroatoms. The number of halogens is 1. The van der Waals surface area contributed by atoms with Gasteiger partial charge in [0, 0.05) is 5.56 Å². The smallest absolute Gasteiger partial charge is 0.257 e. The van der Waals surface area contributed by atoms with E-state index < -0.39 is 6.29 Å². The molecule has 2 nitrogen and oxygen atoms in total. The van der Waals surface area contributed by atoms with Crippen molar-refractivity contribution in [2.75, 3.05) is 0 Å². The minimum absolute atomic E-state index is 0.410. The SMILES string of the molecule is [O]C(Oc1ccccc1Cl)c1ccccc1. The van der Waals surface area contributed by atoms with Crippen molar-refractivity contribution >= 4 is 11.6 Å². The van der Waals surface area contributed by atoms with Crippen molar-refractivity contribution in [3.8, 4) is 5.75 Å². The summed E-state index contributed by atoms with van der Waals surface area (Å²) in [4.78, 5) is 0. The number of hydrogen-bond donors (Lipinski definition) is 0. The Bertz CT molecular complexity index is 456. The Labute approximate surface area is 99.1 Å². The standard InChI is InChI=1S/C13H10ClO2/c14-11-8-4-5-9-12(11)16-13(15)10-6-2-1-3-7-10/h1-9,13H. The third kappa shape index (κ3) is 2.54. The van der Waals surface area contributed by atoms with E-state index in [2.05, 4.69) is 0 Å². The Kier molecular flexibility index (Phi) is 3.44. The first-order chi connectivity index (χ1) is 7.77. The monoisotopic (exact) mass is 233 g/mol. The first-order valence-corrected chi connectivity index (χ1v) is 5.27. The summed E-state index contributed by atoms with van der Waals surface area (Å²) in [6.07, 6.45) is -1.25. The first-order valence-electron chi connectivity index (χ1n) is 4.89. The van der Waals surface area contributed by atoms with Crippen molar-refractivity contribution in [3.63, 3.8) is 0 Å². The van der Waals surface area contributed by atoms with Crippen LogP contribution in [0.4, 0.5) is 0 Å². The van der Waals surface area contributed by atoms with E-state index in [0.717, 1.165) is 0 Å². The van der Waals surface area contributed by atoms with E-state index in [1.54, 1.807) is 48.5 Å². The molecule has 1 atom stereocenters. The van der Waals surface area contributed by atoms with Gasteiger partial charge in [-0.3, -0.25) is 0 Å². The Balaban J connectivity index is 2.14. The van der Waals surface area contributed by atoms with Crippen LogP contribution in [0.5, 0.6) is 5.75 Å². The topological polar surface area (TPSA) is 29.1 Å². The van der Waals surface area contributed by atoms with Crippen LogP contribution in [0.1, 0.15) is 11.9 Å². The van der Waals surface area contributed by atoms with E-state index in [-0.39, 0.29) is 0 Å². The zero-order valence-electron chi connectivity index (χ0n) is 8.47. The molecule has 0 spiro atoms. The summed E-state index contributed by atoms with van der Waals surface area (Å²) in [6.45, 7) is 0. The second-order valence-corrected chi connectivity index (χ2v) is 3.70. The lowest BCUT2D eigenvalue weighted by Gasteiger charge is -2.12. The molecule has 2 rings (SSSR count). The maximum absolute atomic E-state index is 11.8. The van der Waals surface area contributed by atoms with Gasteiger partial charge in [-0.05, 0) is 12.1 Å². The van der Waals surface area contributed by atoms with Crippen LogP contribution in [-0.4, -0.2) is 0 Å². The van der Waals surface area contributed by atoms with Crippen LogP contribution in [0.25, 0.3) is 0 Å². The summed E-state index contributed by atoms with van der Waals surface area (Å²) < 4.78 is 5.24. The molecule has 0 saturated carbocycles.